The zero-order chi connectivity index (χ0) is 10.8. The topological polar surface area (TPSA) is 29.3 Å². The number of likely N-dealkylation sites (tertiary alicyclic amines) is 1. The molecular formula is C13H20N2. The van der Waals surface area contributed by atoms with Crippen molar-refractivity contribution in [1.82, 2.24) is 4.90 Å². The molecule has 1 saturated heterocycles. The number of hydrogen-bond acceptors (Lipinski definition) is 2. The molecule has 1 aliphatic rings. The predicted molar refractivity (Wildman–Crippen MR) is 64.0 cm³/mol. The second kappa shape index (κ2) is 4.33. The average molecular weight is 204 g/mol. The molecule has 2 heteroatoms. The minimum atomic E-state index is 0.623. The van der Waals surface area contributed by atoms with Gasteiger partial charge < -0.3 is 10.6 Å². The van der Waals surface area contributed by atoms with Gasteiger partial charge in [0.05, 0.1) is 0 Å². The second-order valence-corrected chi connectivity index (χ2v) is 4.73. The van der Waals surface area contributed by atoms with Crippen LogP contribution in [0.2, 0.25) is 0 Å². The molecule has 0 bridgehead atoms. The number of benzene rings is 1. The summed E-state index contributed by atoms with van der Waals surface area (Å²) >= 11 is 0. The number of nitrogens with zero attached hydrogens (tertiary/aromatic N) is 1. The molecule has 0 radical (unpaired) electrons. The van der Waals surface area contributed by atoms with Gasteiger partial charge >= 0.3 is 0 Å². The summed E-state index contributed by atoms with van der Waals surface area (Å²) in [6.45, 7) is 5.20. The van der Waals surface area contributed by atoms with Crippen LogP contribution in [0.25, 0.3) is 0 Å². The number of nitrogens with two attached hydrogens (primary N) is 1. The van der Waals surface area contributed by atoms with Crippen molar-refractivity contribution in [2.45, 2.75) is 12.8 Å². The van der Waals surface area contributed by atoms with E-state index >= 15 is 0 Å². The first-order chi connectivity index (χ1) is 7.20. The van der Waals surface area contributed by atoms with Gasteiger partial charge in [0.25, 0.3) is 0 Å². The van der Waals surface area contributed by atoms with E-state index in [1.54, 1.807) is 0 Å². The van der Waals surface area contributed by atoms with Gasteiger partial charge in [0, 0.05) is 19.0 Å². The van der Waals surface area contributed by atoms with Crippen molar-refractivity contribution in [3.63, 3.8) is 0 Å². The highest BCUT2D eigenvalue weighted by Crippen LogP contribution is 2.31. The molecule has 1 aromatic carbocycles. The van der Waals surface area contributed by atoms with Gasteiger partial charge in [0.1, 0.15) is 0 Å². The summed E-state index contributed by atoms with van der Waals surface area (Å²) in [5.74, 6) is 1.25. The maximum Gasteiger partial charge on any atom is 0.00510 e. The average Bonchev–Trinajstić information content (AvgIpc) is 2.61. The molecule has 0 unspecified atom stereocenters. The fourth-order valence-corrected chi connectivity index (χ4v) is 2.52. The molecule has 1 aromatic rings. The van der Waals surface area contributed by atoms with E-state index in [4.69, 9.17) is 5.73 Å². The molecule has 82 valence electrons. The van der Waals surface area contributed by atoms with Gasteiger partial charge in [0.2, 0.25) is 0 Å². The van der Waals surface area contributed by atoms with E-state index in [1.807, 2.05) is 0 Å². The van der Waals surface area contributed by atoms with E-state index < -0.39 is 0 Å². The van der Waals surface area contributed by atoms with Crippen LogP contribution in [0.4, 0.5) is 0 Å². The Balaban J connectivity index is 2.19. The van der Waals surface area contributed by atoms with E-state index in [-0.39, 0.29) is 0 Å². The number of likely N-dealkylation sites (N-methyl/N-ethyl adjacent to an activating group) is 1. The number of hydrogen-bond donors (Lipinski definition) is 1. The Morgan fingerprint density at radius 2 is 1.93 bits per heavy atom. The van der Waals surface area contributed by atoms with Crippen LogP contribution < -0.4 is 5.73 Å². The summed E-state index contributed by atoms with van der Waals surface area (Å²) in [7, 11) is 2.18. The van der Waals surface area contributed by atoms with E-state index in [9.17, 15) is 0 Å². The highest BCUT2D eigenvalue weighted by Gasteiger charge is 2.30. The van der Waals surface area contributed by atoms with Crippen molar-refractivity contribution >= 4 is 0 Å². The van der Waals surface area contributed by atoms with Gasteiger partial charge in [-0.05, 0) is 32.0 Å². The van der Waals surface area contributed by atoms with Crippen LogP contribution in [-0.4, -0.2) is 31.6 Å². The SMILES string of the molecule is Cc1ccc([C@H]2CN(C)C[C@@H]2CN)cc1. The molecule has 2 N–H and O–H groups in total. The predicted octanol–water partition coefficient (Wildman–Crippen LogP) is 1.60. The third-order valence-electron chi connectivity index (χ3n) is 3.43. The maximum atomic E-state index is 5.83. The highest BCUT2D eigenvalue weighted by molar-refractivity contribution is 5.26. The molecule has 0 aliphatic carbocycles. The number of aryl methyl sites for hydroxylation is 1. The zero-order valence-corrected chi connectivity index (χ0v) is 9.61. The smallest absolute Gasteiger partial charge is 0.00510 e. The van der Waals surface area contributed by atoms with Crippen molar-refractivity contribution in [3.05, 3.63) is 35.4 Å². The van der Waals surface area contributed by atoms with Gasteiger partial charge in [-0.1, -0.05) is 29.8 Å². The largest absolute Gasteiger partial charge is 0.330 e. The molecule has 15 heavy (non-hydrogen) atoms. The Labute approximate surface area is 92.1 Å². The monoisotopic (exact) mass is 204 g/mol. The highest BCUT2D eigenvalue weighted by atomic mass is 15.1. The Morgan fingerprint density at radius 3 is 2.53 bits per heavy atom. The molecule has 2 rings (SSSR count). The van der Waals surface area contributed by atoms with Crippen LogP contribution in [-0.2, 0) is 0 Å². The van der Waals surface area contributed by atoms with E-state index in [2.05, 4.69) is 43.1 Å². The van der Waals surface area contributed by atoms with Gasteiger partial charge in [0.15, 0.2) is 0 Å². The third kappa shape index (κ3) is 2.21. The van der Waals surface area contributed by atoms with E-state index in [0.29, 0.717) is 11.8 Å². The first-order valence-electron chi connectivity index (χ1n) is 5.66. The summed E-state index contributed by atoms with van der Waals surface area (Å²) in [5.41, 5.74) is 8.60. The summed E-state index contributed by atoms with van der Waals surface area (Å²) in [5, 5.41) is 0. The van der Waals surface area contributed by atoms with Gasteiger partial charge in [-0.2, -0.15) is 0 Å². The molecule has 1 heterocycles. The van der Waals surface area contributed by atoms with Crippen molar-refractivity contribution in [3.8, 4) is 0 Å². The Morgan fingerprint density at radius 1 is 1.27 bits per heavy atom. The number of rotatable bonds is 2. The zero-order valence-electron chi connectivity index (χ0n) is 9.61. The van der Waals surface area contributed by atoms with Crippen LogP contribution >= 0.6 is 0 Å². The quantitative estimate of drug-likeness (QED) is 0.793. The Bertz CT molecular complexity index is 318. The minimum Gasteiger partial charge on any atom is -0.330 e. The standard InChI is InChI=1S/C13H20N2/c1-10-3-5-11(6-4-10)13-9-15(2)8-12(13)7-14/h3-6,12-13H,7-9,14H2,1-2H3/t12-,13+/m0/s1. The van der Waals surface area contributed by atoms with Crippen LogP contribution in [0.3, 0.4) is 0 Å². The summed E-state index contributed by atoms with van der Waals surface area (Å²) in [6, 6.07) is 8.89. The molecule has 1 fully saturated rings. The first kappa shape index (κ1) is 10.7. The van der Waals surface area contributed by atoms with Crippen LogP contribution in [0, 0.1) is 12.8 Å². The summed E-state index contributed by atoms with van der Waals surface area (Å²) in [6.07, 6.45) is 0. The molecule has 2 atom stereocenters. The second-order valence-electron chi connectivity index (χ2n) is 4.73. The lowest BCUT2D eigenvalue weighted by atomic mass is 9.89. The molecule has 0 saturated carbocycles. The summed E-state index contributed by atoms with van der Waals surface area (Å²) < 4.78 is 0. The van der Waals surface area contributed by atoms with Crippen LogP contribution in [0.5, 0.6) is 0 Å². The van der Waals surface area contributed by atoms with E-state index in [0.717, 1.165) is 19.6 Å². The van der Waals surface area contributed by atoms with Gasteiger partial charge in [-0.25, -0.2) is 0 Å². The van der Waals surface area contributed by atoms with E-state index in [1.165, 1.54) is 11.1 Å². The lowest BCUT2D eigenvalue weighted by molar-refractivity contribution is 0.397. The third-order valence-corrected chi connectivity index (χ3v) is 3.43. The van der Waals surface area contributed by atoms with Crippen LogP contribution in [0.15, 0.2) is 24.3 Å². The summed E-state index contributed by atoms with van der Waals surface area (Å²) in [4.78, 5) is 2.38. The molecule has 1 aliphatic heterocycles. The van der Waals surface area contributed by atoms with Gasteiger partial charge in [-0.15, -0.1) is 0 Å². The molecule has 0 amide bonds. The lowest BCUT2D eigenvalue weighted by Crippen LogP contribution is -2.21. The normalized spacial score (nSPS) is 27.1. The molecule has 0 aromatic heterocycles. The van der Waals surface area contributed by atoms with Crippen molar-refractivity contribution in [1.29, 1.82) is 0 Å². The van der Waals surface area contributed by atoms with Crippen molar-refractivity contribution in [2.75, 3.05) is 26.7 Å². The lowest BCUT2D eigenvalue weighted by Gasteiger charge is -2.17. The van der Waals surface area contributed by atoms with Crippen LogP contribution in [0.1, 0.15) is 17.0 Å². The van der Waals surface area contributed by atoms with Crippen molar-refractivity contribution < 1.29 is 0 Å². The van der Waals surface area contributed by atoms with Gasteiger partial charge in [-0.3, -0.25) is 0 Å². The Kier molecular flexibility index (Phi) is 3.08. The minimum absolute atomic E-state index is 0.623. The fourth-order valence-electron chi connectivity index (χ4n) is 2.52. The molecular weight excluding hydrogens is 184 g/mol. The molecule has 0 spiro atoms. The first-order valence-corrected chi connectivity index (χ1v) is 5.66. The maximum absolute atomic E-state index is 5.83. The molecule has 2 nitrogen and oxygen atoms in total. The Hall–Kier alpha value is -0.860. The van der Waals surface area contributed by atoms with Crippen molar-refractivity contribution in [2.24, 2.45) is 11.7 Å². The fraction of sp³-hybridized carbons (Fsp3) is 0.538.